The molecule has 0 heterocycles. The molecule has 0 aromatic heterocycles. The van der Waals surface area contributed by atoms with Gasteiger partial charge in [0.2, 0.25) is 0 Å². The van der Waals surface area contributed by atoms with Gasteiger partial charge in [-0.3, -0.25) is 0 Å². The van der Waals surface area contributed by atoms with Crippen molar-refractivity contribution in [1.29, 1.82) is 0 Å². The van der Waals surface area contributed by atoms with Crippen molar-refractivity contribution in [3.05, 3.63) is 58.4 Å². The zero-order valence-electron chi connectivity index (χ0n) is 13.3. The highest BCUT2D eigenvalue weighted by molar-refractivity contribution is 7.15. The molecule has 0 amide bonds. The molecule has 0 aliphatic carbocycles. The molecule has 22 heavy (non-hydrogen) atoms. The monoisotopic (exact) mass is 320 g/mol. The van der Waals surface area contributed by atoms with Crippen molar-refractivity contribution in [2.45, 2.75) is 26.3 Å². The molecule has 0 fully saturated rings. The zero-order valence-corrected chi connectivity index (χ0v) is 14.4. The fourth-order valence-electron chi connectivity index (χ4n) is 2.61. The van der Waals surface area contributed by atoms with E-state index in [2.05, 4.69) is 15.3 Å². The fourth-order valence-corrected chi connectivity index (χ4v) is 2.92. The van der Waals surface area contributed by atoms with Gasteiger partial charge >= 0.3 is 0 Å². The summed E-state index contributed by atoms with van der Waals surface area (Å²) in [4.78, 5) is 0. The minimum atomic E-state index is -0.186. The lowest BCUT2D eigenvalue weighted by molar-refractivity contribution is 0.184. The highest BCUT2D eigenvalue weighted by Crippen LogP contribution is 2.31. The smallest absolute Gasteiger partial charge is 0.127 e. The quantitative estimate of drug-likeness (QED) is 0.731. The van der Waals surface area contributed by atoms with Gasteiger partial charge in [0, 0.05) is 14.2 Å². The molecule has 0 spiro atoms. The topological polar surface area (TPSA) is 18.5 Å². The van der Waals surface area contributed by atoms with E-state index in [0.717, 1.165) is 27.8 Å². The summed E-state index contributed by atoms with van der Waals surface area (Å²) in [5.74, 6) is -0.186. The molecule has 0 radical (unpaired) electrons. The molecule has 118 valence electrons. The van der Waals surface area contributed by atoms with Crippen molar-refractivity contribution in [3.8, 4) is 11.1 Å². The molecule has 2 aromatic carbocycles. The van der Waals surface area contributed by atoms with Gasteiger partial charge in [0.05, 0.1) is 13.2 Å². The second kappa shape index (κ2) is 7.82. The van der Waals surface area contributed by atoms with E-state index >= 15 is 0 Å². The third-order valence-corrected chi connectivity index (χ3v) is 4.08. The second-order valence-corrected chi connectivity index (χ2v) is 5.74. The van der Waals surface area contributed by atoms with Crippen LogP contribution in [0.3, 0.4) is 0 Å². The maximum atomic E-state index is 14.3. The molecule has 2 aromatic rings. The normalized spacial score (nSPS) is 11.0. The van der Waals surface area contributed by atoms with E-state index in [-0.39, 0.29) is 5.82 Å². The van der Waals surface area contributed by atoms with Crippen molar-refractivity contribution in [3.63, 3.8) is 0 Å². The van der Waals surface area contributed by atoms with Crippen LogP contribution in [-0.4, -0.2) is 14.2 Å². The Morgan fingerprint density at radius 3 is 2.14 bits per heavy atom. The van der Waals surface area contributed by atoms with E-state index < -0.39 is 0 Å². The molecular formula is C18H22FO2P. The first-order valence-electron chi connectivity index (χ1n) is 7.19. The van der Waals surface area contributed by atoms with E-state index in [0.29, 0.717) is 24.9 Å². The maximum absolute atomic E-state index is 14.3. The molecule has 2 rings (SSSR count). The first-order valence-corrected chi connectivity index (χ1v) is 8.01. The van der Waals surface area contributed by atoms with Crippen LogP contribution in [0.1, 0.15) is 22.3 Å². The van der Waals surface area contributed by atoms with Crippen LogP contribution in [0.15, 0.2) is 30.3 Å². The second-order valence-electron chi connectivity index (χ2n) is 5.33. The van der Waals surface area contributed by atoms with E-state index in [4.69, 9.17) is 9.47 Å². The van der Waals surface area contributed by atoms with Crippen LogP contribution in [-0.2, 0) is 28.8 Å². The van der Waals surface area contributed by atoms with E-state index in [1.54, 1.807) is 20.3 Å². The first-order chi connectivity index (χ1) is 10.6. The largest absolute Gasteiger partial charge is 0.380 e. The summed E-state index contributed by atoms with van der Waals surface area (Å²) < 4.78 is 24.9. The van der Waals surface area contributed by atoms with Gasteiger partial charge in [-0.2, -0.15) is 0 Å². The Morgan fingerprint density at radius 1 is 0.909 bits per heavy atom. The number of hydrogen-bond donors (Lipinski definition) is 0. The molecule has 0 aliphatic heterocycles. The third-order valence-electron chi connectivity index (χ3n) is 3.64. The Kier molecular flexibility index (Phi) is 6.07. The van der Waals surface area contributed by atoms with Crippen molar-refractivity contribution in [2.24, 2.45) is 0 Å². The SMILES string of the molecule is COCc1cc(C)ccc1-c1cc(F)c(CP)cc1COC. The molecule has 0 saturated heterocycles. The van der Waals surface area contributed by atoms with Gasteiger partial charge in [0.15, 0.2) is 0 Å². The Morgan fingerprint density at radius 2 is 1.55 bits per heavy atom. The standard InChI is InChI=1S/C18H22FO2P/c1-12-4-5-16(13(6-12)9-20-2)17-8-18(19)15(11-22)7-14(17)10-21-3/h4-8H,9-11,22H2,1-3H3. The number of ether oxygens (including phenoxy) is 2. The lowest BCUT2D eigenvalue weighted by Crippen LogP contribution is -2.00. The van der Waals surface area contributed by atoms with Crippen LogP contribution in [0.2, 0.25) is 0 Å². The number of rotatable bonds is 6. The van der Waals surface area contributed by atoms with E-state index in [1.165, 1.54) is 0 Å². The third kappa shape index (κ3) is 3.73. The fraction of sp³-hybridized carbons (Fsp3) is 0.333. The van der Waals surface area contributed by atoms with Crippen LogP contribution >= 0.6 is 9.24 Å². The molecular weight excluding hydrogens is 298 g/mol. The molecule has 1 atom stereocenters. The van der Waals surface area contributed by atoms with Crippen LogP contribution in [0.25, 0.3) is 11.1 Å². The van der Waals surface area contributed by atoms with E-state index in [1.807, 2.05) is 25.1 Å². The van der Waals surface area contributed by atoms with Crippen LogP contribution < -0.4 is 0 Å². The van der Waals surface area contributed by atoms with Gasteiger partial charge in [-0.25, -0.2) is 4.39 Å². The Labute approximate surface area is 133 Å². The molecule has 0 aliphatic rings. The van der Waals surface area contributed by atoms with Crippen LogP contribution in [0.5, 0.6) is 0 Å². The Hall–Kier alpha value is -1.28. The minimum absolute atomic E-state index is 0.186. The minimum Gasteiger partial charge on any atom is -0.380 e. The highest BCUT2D eigenvalue weighted by Gasteiger charge is 2.14. The summed E-state index contributed by atoms with van der Waals surface area (Å²) in [6.45, 7) is 2.99. The molecule has 2 nitrogen and oxygen atoms in total. The molecule has 0 bridgehead atoms. The van der Waals surface area contributed by atoms with Crippen molar-refractivity contribution in [2.75, 3.05) is 14.2 Å². The van der Waals surface area contributed by atoms with Gasteiger partial charge < -0.3 is 9.47 Å². The number of benzene rings is 2. The average Bonchev–Trinajstić information content (AvgIpc) is 2.50. The molecule has 0 saturated carbocycles. The molecule has 0 N–H and O–H groups in total. The summed E-state index contributed by atoms with van der Waals surface area (Å²) >= 11 is 0. The summed E-state index contributed by atoms with van der Waals surface area (Å²) in [5, 5.41) is 0. The number of halogens is 1. The predicted molar refractivity (Wildman–Crippen MR) is 91.4 cm³/mol. The summed E-state index contributed by atoms with van der Waals surface area (Å²) in [7, 11) is 5.88. The predicted octanol–water partition coefficient (Wildman–Crippen LogP) is 4.47. The first kappa shape index (κ1) is 17.1. The number of hydrogen-bond acceptors (Lipinski definition) is 2. The van der Waals surface area contributed by atoms with E-state index in [9.17, 15) is 4.39 Å². The number of methoxy groups -OCH3 is 2. The van der Waals surface area contributed by atoms with Crippen LogP contribution in [0.4, 0.5) is 4.39 Å². The van der Waals surface area contributed by atoms with Crippen LogP contribution in [0, 0.1) is 12.7 Å². The Balaban J connectivity index is 2.62. The lowest BCUT2D eigenvalue weighted by Gasteiger charge is -2.16. The average molecular weight is 320 g/mol. The summed E-state index contributed by atoms with van der Waals surface area (Å²) in [5.41, 5.74) is 5.75. The van der Waals surface area contributed by atoms with Gasteiger partial charge in [-0.1, -0.05) is 23.8 Å². The summed E-state index contributed by atoms with van der Waals surface area (Å²) in [6.07, 6.45) is 0.585. The maximum Gasteiger partial charge on any atom is 0.127 e. The Bertz CT molecular complexity index is 656. The highest BCUT2D eigenvalue weighted by atomic mass is 31.0. The van der Waals surface area contributed by atoms with Gasteiger partial charge in [-0.15, -0.1) is 9.24 Å². The van der Waals surface area contributed by atoms with Gasteiger partial charge in [-0.05, 0) is 53.0 Å². The van der Waals surface area contributed by atoms with Crippen molar-refractivity contribution < 1.29 is 13.9 Å². The molecule has 4 heteroatoms. The van der Waals surface area contributed by atoms with Gasteiger partial charge in [0.25, 0.3) is 0 Å². The van der Waals surface area contributed by atoms with Crippen molar-refractivity contribution in [1.82, 2.24) is 0 Å². The van der Waals surface area contributed by atoms with Gasteiger partial charge in [0.1, 0.15) is 5.82 Å². The number of aryl methyl sites for hydroxylation is 1. The molecule has 1 unspecified atom stereocenters. The summed E-state index contributed by atoms with van der Waals surface area (Å²) in [6, 6.07) is 9.64. The lowest BCUT2D eigenvalue weighted by atomic mass is 9.93. The van der Waals surface area contributed by atoms with Crippen molar-refractivity contribution >= 4 is 9.24 Å². The zero-order chi connectivity index (χ0) is 16.1.